The highest BCUT2D eigenvalue weighted by Gasteiger charge is 2.29. The van der Waals surface area contributed by atoms with Crippen molar-refractivity contribution in [3.63, 3.8) is 0 Å². The van der Waals surface area contributed by atoms with Crippen LogP contribution in [0.4, 0.5) is 17.5 Å². The highest BCUT2D eigenvalue weighted by atomic mass is 32.1. The molecule has 1 unspecified atom stereocenters. The van der Waals surface area contributed by atoms with Crippen molar-refractivity contribution in [2.75, 3.05) is 17.2 Å². The van der Waals surface area contributed by atoms with E-state index in [1.807, 2.05) is 35.9 Å². The largest absolute Gasteiger partial charge is 0.381 e. The van der Waals surface area contributed by atoms with E-state index >= 15 is 0 Å². The number of nitrogen functional groups attached to an aromatic ring is 1. The fraction of sp³-hybridized carbons (Fsp3) is 0.222. The Morgan fingerprint density at radius 1 is 1.25 bits per heavy atom. The summed E-state index contributed by atoms with van der Waals surface area (Å²) in [5.74, 6) is 1.05. The fourth-order valence-electron chi connectivity index (χ4n) is 3.14. The molecule has 0 amide bonds. The smallest absolute Gasteiger partial charge is 0.221 e. The zero-order valence-electron chi connectivity index (χ0n) is 13.3. The second-order valence-electron chi connectivity index (χ2n) is 6.10. The van der Waals surface area contributed by atoms with Gasteiger partial charge in [-0.1, -0.05) is 12.1 Å². The van der Waals surface area contributed by atoms with Crippen LogP contribution in [-0.4, -0.2) is 21.6 Å². The first-order chi connectivity index (χ1) is 11.6. The molecule has 0 fully saturated rings. The lowest BCUT2D eigenvalue weighted by Crippen LogP contribution is -2.22. The molecule has 2 aromatic heterocycles. The quantitative estimate of drug-likeness (QED) is 0.767. The molecule has 0 spiro atoms. The van der Waals surface area contributed by atoms with Crippen LogP contribution in [0.1, 0.15) is 23.6 Å². The molecule has 6 heteroatoms. The predicted octanol–water partition coefficient (Wildman–Crippen LogP) is 3.07. The third-order valence-electron chi connectivity index (χ3n) is 4.56. The minimum atomic E-state index is -1.02. The van der Waals surface area contributed by atoms with Gasteiger partial charge >= 0.3 is 0 Å². The molecule has 122 valence electrons. The minimum Gasteiger partial charge on any atom is -0.381 e. The fourth-order valence-corrected chi connectivity index (χ4v) is 3.90. The molecule has 1 atom stereocenters. The Bertz CT molecular complexity index is 876. The van der Waals surface area contributed by atoms with Crippen molar-refractivity contribution in [2.45, 2.75) is 18.9 Å². The van der Waals surface area contributed by atoms with E-state index in [1.165, 1.54) is 5.56 Å². The summed E-state index contributed by atoms with van der Waals surface area (Å²) in [4.78, 5) is 10.4. The predicted molar refractivity (Wildman–Crippen MR) is 96.6 cm³/mol. The molecule has 0 bridgehead atoms. The number of anilines is 3. The monoisotopic (exact) mass is 338 g/mol. The maximum absolute atomic E-state index is 11.0. The van der Waals surface area contributed by atoms with E-state index in [0.717, 1.165) is 35.6 Å². The Labute approximate surface area is 144 Å². The molecule has 0 saturated heterocycles. The van der Waals surface area contributed by atoms with Gasteiger partial charge in [0, 0.05) is 18.4 Å². The second kappa shape index (κ2) is 5.58. The van der Waals surface area contributed by atoms with Crippen LogP contribution in [0, 0.1) is 0 Å². The summed E-state index contributed by atoms with van der Waals surface area (Å²) in [5, 5.41) is 15.0. The summed E-state index contributed by atoms with van der Waals surface area (Å²) >= 11 is 1.58. The SMILES string of the molecule is CC(O)(c1ccsc1)c1ccc2c(c1)N(c1ccnc(N)n1)CC2. The van der Waals surface area contributed by atoms with Gasteiger partial charge < -0.3 is 15.7 Å². The average molecular weight is 338 g/mol. The number of benzene rings is 1. The molecule has 1 aromatic carbocycles. The molecule has 3 aromatic rings. The Kier molecular flexibility index (Phi) is 3.51. The Hall–Kier alpha value is -2.44. The molecule has 3 heterocycles. The number of hydrogen-bond donors (Lipinski definition) is 2. The first kappa shape index (κ1) is 15.1. The van der Waals surface area contributed by atoms with Gasteiger partial charge in [-0.05, 0) is 59.0 Å². The van der Waals surface area contributed by atoms with Crippen LogP contribution in [0.3, 0.4) is 0 Å². The zero-order valence-corrected chi connectivity index (χ0v) is 14.1. The van der Waals surface area contributed by atoms with Crippen LogP contribution in [0.5, 0.6) is 0 Å². The van der Waals surface area contributed by atoms with Gasteiger partial charge in [0.1, 0.15) is 11.4 Å². The molecule has 0 saturated carbocycles. The van der Waals surface area contributed by atoms with Gasteiger partial charge in [-0.3, -0.25) is 0 Å². The maximum Gasteiger partial charge on any atom is 0.221 e. The topological polar surface area (TPSA) is 75.3 Å². The van der Waals surface area contributed by atoms with Crippen LogP contribution in [-0.2, 0) is 12.0 Å². The molecule has 5 nitrogen and oxygen atoms in total. The number of aliphatic hydroxyl groups is 1. The van der Waals surface area contributed by atoms with E-state index in [0.29, 0.717) is 0 Å². The first-order valence-electron chi connectivity index (χ1n) is 7.80. The first-order valence-corrected chi connectivity index (χ1v) is 8.74. The van der Waals surface area contributed by atoms with Gasteiger partial charge in [-0.15, -0.1) is 0 Å². The lowest BCUT2D eigenvalue weighted by molar-refractivity contribution is 0.103. The standard InChI is InChI=1S/C18H18N4OS/c1-18(23,14-6-9-24-11-14)13-3-2-12-5-8-22(15(12)10-13)16-4-7-20-17(19)21-16/h2-4,6-7,9-11,23H,5,8H2,1H3,(H2,19,20,21). The number of thiophene rings is 1. The van der Waals surface area contributed by atoms with Crippen molar-refractivity contribution in [1.29, 1.82) is 0 Å². The highest BCUT2D eigenvalue weighted by molar-refractivity contribution is 7.08. The Balaban J connectivity index is 1.76. The van der Waals surface area contributed by atoms with Crippen molar-refractivity contribution in [3.05, 3.63) is 64.0 Å². The molecule has 1 aliphatic rings. The van der Waals surface area contributed by atoms with E-state index in [9.17, 15) is 5.11 Å². The average Bonchev–Trinajstić information content (AvgIpc) is 3.24. The van der Waals surface area contributed by atoms with Gasteiger partial charge in [0.25, 0.3) is 0 Å². The van der Waals surface area contributed by atoms with Crippen molar-refractivity contribution in [2.24, 2.45) is 0 Å². The van der Waals surface area contributed by atoms with Crippen molar-refractivity contribution in [1.82, 2.24) is 9.97 Å². The van der Waals surface area contributed by atoms with Crippen LogP contribution in [0.25, 0.3) is 0 Å². The number of nitrogens with zero attached hydrogens (tertiary/aromatic N) is 3. The number of nitrogens with two attached hydrogens (primary N) is 1. The molecule has 3 N–H and O–H groups in total. The van der Waals surface area contributed by atoms with Crippen molar-refractivity contribution >= 4 is 28.8 Å². The maximum atomic E-state index is 11.0. The van der Waals surface area contributed by atoms with Gasteiger partial charge in [-0.25, -0.2) is 4.98 Å². The zero-order chi connectivity index (χ0) is 16.7. The van der Waals surface area contributed by atoms with E-state index in [4.69, 9.17) is 5.73 Å². The van der Waals surface area contributed by atoms with Crippen LogP contribution < -0.4 is 10.6 Å². The number of fused-ring (bicyclic) bond motifs is 1. The summed E-state index contributed by atoms with van der Waals surface area (Å²) in [6.07, 6.45) is 2.61. The van der Waals surface area contributed by atoms with Gasteiger partial charge in [-0.2, -0.15) is 16.3 Å². The van der Waals surface area contributed by atoms with Crippen LogP contribution >= 0.6 is 11.3 Å². The summed E-state index contributed by atoms with van der Waals surface area (Å²) in [5.41, 5.74) is 8.79. The minimum absolute atomic E-state index is 0.266. The molecular weight excluding hydrogens is 320 g/mol. The number of rotatable bonds is 3. The molecule has 1 aliphatic heterocycles. The Morgan fingerprint density at radius 3 is 2.88 bits per heavy atom. The number of hydrogen-bond acceptors (Lipinski definition) is 6. The highest BCUT2D eigenvalue weighted by Crippen LogP contribution is 2.38. The third-order valence-corrected chi connectivity index (χ3v) is 5.25. The lowest BCUT2D eigenvalue weighted by atomic mass is 9.89. The van der Waals surface area contributed by atoms with E-state index in [2.05, 4.69) is 27.0 Å². The lowest BCUT2D eigenvalue weighted by Gasteiger charge is -2.25. The van der Waals surface area contributed by atoms with Crippen LogP contribution in [0.15, 0.2) is 47.3 Å². The van der Waals surface area contributed by atoms with E-state index in [-0.39, 0.29) is 5.95 Å². The van der Waals surface area contributed by atoms with E-state index in [1.54, 1.807) is 17.5 Å². The third kappa shape index (κ3) is 2.44. The molecule has 0 aliphatic carbocycles. The molecular formula is C18H18N4OS. The van der Waals surface area contributed by atoms with Crippen molar-refractivity contribution in [3.8, 4) is 0 Å². The van der Waals surface area contributed by atoms with Crippen molar-refractivity contribution < 1.29 is 5.11 Å². The molecule has 4 rings (SSSR count). The second-order valence-corrected chi connectivity index (χ2v) is 6.88. The summed E-state index contributed by atoms with van der Waals surface area (Å²) in [6.45, 7) is 2.68. The normalized spacial score (nSPS) is 16.0. The van der Waals surface area contributed by atoms with E-state index < -0.39 is 5.60 Å². The van der Waals surface area contributed by atoms with Gasteiger partial charge in [0.15, 0.2) is 0 Å². The summed E-state index contributed by atoms with van der Waals surface area (Å²) < 4.78 is 0. The van der Waals surface area contributed by atoms with Crippen LogP contribution in [0.2, 0.25) is 0 Å². The number of aromatic nitrogens is 2. The molecule has 24 heavy (non-hydrogen) atoms. The molecule has 0 radical (unpaired) electrons. The van der Waals surface area contributed by atoms with Gasteiger partial charge in [0.2, 0.25) is 5.95 Å². The summed E-state index contributed by atoms with van der Waals surface area (Å²) in [7, 11) is 0. The summed E-state index contributed by atoms with van der Waals surface area (Å²) in [6, 6.07) is 9.97. The Morgan fingerprint density at radius 2 is 2.12 bits per heavy atom. The van der Waals surface area contributed by atoms with Gasteiger partial charge in [0.05, 0.1) is 0 Å².